The minimum absolute atomic E-state index is 0.126. The lowest BCUT2D eigenvalue weighted by molar-refractivity contribution is -0.115. The van der Waals surface area contributed by atoms with Gasteiger partial charge in [0, 0.05) is 30.3 Å². The lowest BCUT2D eigenvalue weighted by Crippen LogP contribution is -2.26. The second-order valence-electron chi connectivity index (χ2n) is 8.76. The van der Waals surface area contributed by atoms with Gasteiger partial charge in [-0.25, -0.2) is 8.91 Å². The Morgan fingerprint density at radius 2 is 1.86 bits per heavy atom. The summed E-state index contributed by atoms with van der Waals surface area (Å²) >= 11 is 0. The molecule has 5 aromatic rings. The van der Waals surface area contributed by atoms with Crippen molar-refractivity contribution in [3.63, 3.8) is 0 Å². The van der Waals surface area contributed by atoms with E-state index in [1.807, 2.05) is 29.8 Å². The standard InChI is InChI=1S/C26H22F4N6O/c1-15(16-4-3-5-19(27)10-16)32-24(37)21-13-35(2)22-7-6-17(11-20(21)22)18-8-9-36-23(12-18)33-25(34-36)31-14-26(28,29)30/h3-13,15H,14H2,1-2H3,(H,31,34)(H,32,37). The lowest BCUT2D eigenvalue weighted by atomic mass is 10.0. The van der Waals surface area contributed by atoms with E-state index in [9.17, 15) is 22.4 Å². The van der Waals surface area contributed by atoms with Gasteiger partial charge in [-0.05, 0) is 60.0 Å². The normalized spacial score (nSPS) is 12.7. The molecule has 7 nitrogen and oxygen atoms in total. The van der Waals surface area contributed by atoms with E-state index in [-0.39, 0.29) is 17.7 Å². The molecule has 0 spiro atoms. The molecule has 3 heterocycles. The van der Waals surface area contributed by atoms with Crippen molar-refractivity contribution >= 4 is 28.4 Å². The summed E-state index contributed by atoms with van der Waals surface area (Å²) in [5.41, 5.74) is 3.88. The second kappa shape index (κ2) is 9.23. The third-order valence-corrected chi connectivity index (χ3v) is 6.05. The number of rotatable bonds is 6. The maximum absolute atomic E-state index is 13.6. The van der Waals surface area contributed by atoms with Crippen LogP contribution in [0.1, 0.15) is 28.9 Å². The third kappa shape index (κ3) is 5.11. The van der Waals surface area contributed by atoms with E-state index in [4.69, 9.17) is 0 Å². The van der Waals surface area contributed by atoms with E-state index in [0.29, 0.717) is 16.8 Å². The molecule has 2 aromatic carbocycles. The highest BCUT2D eigenvalue weighted by Crippen LogP contribution is 2.29. The summed E-state index contributed by atoms with van der Waals surface area (Å²) in [6.45, 7) is 0.554. The van der Waals surface area contributed by atoms with Crippen molar-refractivity contribution in [1.82, 2.24) is 24.5 Å². The van der Waals surface area contributed by atoms with Crippen molar-refractivity contribution in [3.8, 4) is 11.1 Å². The fourth-order valence-electron chi connectivity index (χ4n) is 4.20. The highest BCUT2D eigenvalue weighted by atomic mass is 19.4. The topological polar surface area (TPSA) is 76.2 Å². The summed E-state index contributed by atoms with van der Waals surface area (Å²) in [4.78, 5) is 17.3. The second-order valence-corrected chi connectivity index (χ2v) is 8.76. The summed E-state index contributed by atoms with van der Waals surface area (Å²) in [5, 5.41) is 9.83. The first-order valence-corrected chi connectivity index (χ1v) is 11.4. The van der Waals surface area contributed by atoms with Crippen molar-refractivity contribution in [3.05, 3.63) is 83.9 Å². The molecule has 11 heteroatoms. The Balaban J connectivity index is 1.44. The Kier molecular flexibility index (Phi) is 6.06. The zero-order valence-electron chi connectivity index (χ0n) is 19.8. The summed E-state index contributed by atoms with van der Waals surface area (Å²) in [7, 11) is 1.84. The smallest absolute Gasteiger partial charge is 0.350 e. The van der Waals surface area contributed by atoms with Gasteiger partial charge in [-0.15, -0.1) is 5.10 Å². The number of anilines is 1. The first-order valence-electron chi connectivity index (χ1n) is 11.4. The van der Waals surface area contributed by atoms with Crippen LogP contribution in [0, 0.1) is 5.82 Å². The number of hydrogen-bond acceptors (Lipinski definition) is 4. The van der Waals surface area contributed by atoms with Gasteiger partial charge >= 0.3 is 6.18 Å². The van der Waals surface area contributed by atoms with Gasteiger partial charge in [0.05, 0.1) is 11.6 Å². The van der Waals surface area contributed by atoms with Crippen molar-refractivity contribution in [2.24, 2.45) is 7.05 Å². The molecule has 5 rings (SSSR count). The number of carbonyl (C=O) groups excluding carboxylic acids is 1. The Bertz CT molecular complexity index is 1620. The molecule has 0 fully saturated rings. The molecule has 37 heavy (non-hydrogen) atoms. The van der Waals surface area contributed by atoms with Gasteiger partial charge in [0.15, 0.2) is 5.65 Å². The number of nitrogens with zero attached hydrogens (tertiary/aromatic N) is 4. The number of halogens is 4. The highest BCUT2D eigenvalue weighted by Gasteiger charge is 2.27. The van der Waals surface area contributed by atoms with Gasteiger partial charge in [-0.2, -0.15) is 18.2 Å². The fraction of sp³-hybridized carbons (Fsp3) is 0.192. The fourth-order valence-corrected chi connectivity index (χ4v) is 4.20. The number of fused-ring (bicyclic) bond motifs is 2. The average Bonchev–Trinajstić information content (AvgIpc) is 3.42. The third-order valence-electron chi connectivity index (χ3n) is 6.05. The van der Waals surface area contributed by atoms with Gasteiger partial charge in [-0.1, -0.05) is 18.2 Å². The SMILES string of the molecule is CC(NC(=O)c1cn(C)c2ccc(-c3ccn4nc(NCC(F)(F)F)nc4c3)cc12)c1cccc(F)c1. The largest absolute Gasteiger partial charge is 0.405 e. The number of benzene rings is 2. The van der Waals surface area contributed by atoms with Crippen LogP contribution < -0.4 is 10.6 Å². The number of carbonyl (C=O) groups is 1. The molecule has 0 bridgehead atoms. The minimum Gasteiger partial charge on any atom is -0.350 e. The number of pyridine rings is 1. The Hall–Kier alpha value is -4.41. The van der Waals surface area contributed by atoms with Crippen LogP contribution in [0.25, 0.3) is 27.7 Å². The van der Waals surface area contributed by atoms with E-state index in [2.05, 4.69) is 20.7 Å². The molecule has 0 saturated heterocycles. The molecule has 1 atom stereocenters. The molecular weight excluding hydrogens is 488 g/mol. The molecule has 2 N–H and O–H groups in total. The number of aromatic nitrogens is 4. The van der Waals surface area contributed by atoms with Gasteiger partial charge in [0.25, 0.3) is 5.91 Å². The van der Waals surface area contributed by atoms with Gasteiger partial charge < -0.3 is 15.2 Å². The number of amides is 1. The van der Waals surface area contributed by atoms with E-state index < -0.39 is 18.8 Å². The zero-order valence-corrected chi connectivity index (χ0v) is 19.8. The maximum atomic E-state index is 13.6. The average molecular weight is 510 g/mol. The Labute approximate surface area is 208 Å². The molecule has 190 valence electrons. The molecule has 1 unspecified atom stereocenters. The number of alkyl halides is 3. The summed E-state index contributed by atoms with van der Waals surface area (Å²) in [5.74, 6) is -0.798. The van der Waals surface area contributed by atoms with Crippen LogP contribution in [0.15, 0.2) is 67.0 Å². The summed E-state index contributed by atoms with van der Waals surface area (Å²) < 4.78 is 54.4. The molecule has 0 aliphatic heterocycles. The van der Waals surface area contributed by atoms with Crippen LogP contribution in [-0.2, 0) is 7.05 Å². The van der Waals surface area contributed by atoms with Crippen LogP contribution in [0.5, 0.6) is 0 Å². The summed E-state index contributed by atoms with van der Waals surface area (Å²) in [6.07, 6.45) is -1.03. The van der Waals surface area contributed by atoms with Crippen LogP contribution >= 0.6 is 0 Å². The number of hydrogen-bond donors (Lipinski definition) is 2. The van der Waals surface area contributed by atoms with E-state index in [1.54, 1.807) is 43.6 Å². The van der Waals surface area contributed by atoms with Gasteiger partial charge in [-0.3, -0.25) is 4.79 Å². The van der Waals surface area contributed by atoms with Crippen molar-refractivity contribution in [1.29, 1.82) is 0 Å². The molecule has 1 amide bonds. The molecular formula is C26H22F4N6O. The molecule has 0 aliphatic carbocycles. The predicted octanol–water partition coefficient (Wildman–Crippen LogP) is 5.49. The first kappa shape index (κ1) is 24.3. The quantitative estimate of drug-likeness (QED) is 0.296. The first-order chi connectivity index (χ1) is 17.6. The molecule has 3 aromatic heterocycles. The number of nitrogens with one attached hydrogen (secondary N) is 2. The monoisotopic (exact) mass is 510 g/mol. The van der Waals surface area contributed by atoms with Crippen molar-refractivity contribution in [2.75, 3.05) is 11.9 Å². The zero-order chi connectivity index (χ0) is 26.3. The maximum Gasteiger partial charge on any atom is 0.405 e. The van der Waals surface area contributed by atoms with Crippen LogP contribution in [0.2, 0.25) is 0 Å². The van der Waals surface area contributed by atoms with Gasteiger partial charge in [0.1, 0.15) is 12.4 Å². The number of aryl methyl sites for hydroxylation is 1. The highest BCUT2D eigenvalue weighted by molar-refractivity contribution is 6.08. The minimum atomic E-state index is -4.38. The predicted molar refractivity (Wildman–Crippen MR) is 132 cm³/mol. The molecule has 0 radical (unpaired) electrons. The lowest BCUT2D eigenvalue weighted by Gasteiger charge is -2.14. The Morgan fingerprint density at radius 1 is 1.08 bits per heavy atom. The van der Waals surface area contributed by atoms with Crippen molar-refractivity contribution in [2.45, 2.75) is 19.1 Å². The van der Waals surface area contributed by atoms with E-state index in [0.717, 1.165) is 22.0 Å². The van der Waals surface area contributed by atoms with Crippen molar-refractivity contribution < 1.29 is 22.4 Å². The van der Waals surface area contributed by atoms with Crippen LogP contribution in [0.4, 0.5) is 23.5 Å². The molecule has 0 saturated carbocycles. The van der Waals surface area contributed by atoms with Crippen LogP contribution in [0.3, 0.4) is 0 Å². The van der Waals surface area contributed by atoms with Crippen LogP contribution in [-0.4, -0.2) is 37.8 Å². The van der Waals surface area contributed by atoms with E-state index >= 15 is 0 Å². The van der Waals surface area contributed by atoms with Gasteiger partial charge in [0.2, 0.25) is 5.95 Å². The molecule has 0 aliphatic rings. The van der Waals surface area contributed by atoms with E-state index in [1.165, 1.54) is 16.6 Å². The Morgan fingerprint density at radius 3 is 2.62 bits per heavy atom. The summed E-state index contributed by atoms with van der Waals surface area (Å²) in [6, 6.07) is 14.8.